The Kier molecular flexibility index (Phi) is 5.27. The van der Waals surface area contributed by atoms with Gasteiger partial charge in [-0.1, -0.05) is 24.3 Å². The van der Waals surface area contributed by atoms with Crippen LogP contribution < -0.4 is 5.32 Å². The summed E-state index contributed by atoms with van der Waals surface area (Å²) in [5, 5.41) is 4.47. The zero-order chi connectivity index (χ0) is 18.6. The van der Waals surface area contributed by atoms with Gasteiger partial charge in [0.05, 0.1) is 25.3 Å². The summed E-state index contributed by atoms with van der Waals surface area (Å²) in [6.45, 7) is 6.04. The minimum absolute atomic E-state index is 0.000132. The van der Waals surface area contributed by atoms with E-state index < -0.39 is 0 Å². The first kappa shape index (κ1) is 17.8. The number of halogens is 1. The van der Waals surface area contributed by atoms with Crippen LogP contribution in [0.2, 0.25) is 0 Å². The van der Waals surface area contributed by atoms with Gasteiger partial charge in [0.2, 0.25) is 0 Å². The fourth-order valence-electron chi connectivity index (χ4n) is 3.30. The average molecular weight is 366 g/mol. The maximum absolute atomic E-state index is 13.2. The molecule has 0 radical (unpaired) electrons. The predicted molar refractivity (Wildman–Crippen MR) is 104 cm³/mol. The minimum atomic E-state index is -0.230. The van der Waals surface area contributed by atoms with Crippen LogP contribution in [0.5, 0.6) is 0 Å². The molecule has 1 atom stereocenters. The van der Waals surface area contributed by atoms with E-state index in [4.69, 9.17) is 14.7 Å². The van der Waals surface area contributed by atoms with Crippen molar-refractivity contribution in [3.8, 4) is 0 Å². The highest BCUT2D eigenvalue weighted by Gasteiger charge is 2.15. The van der Waals surface area contributed by atoms with Crippen LogP contribution in [0.4, 0.5) is 10.2 Å². The Labute approximate surface area is 158 Å². The molecule has 27 heavy (non-hydrogen) atoms. The molecule has 3 aromatic rings. The summed E-state index contributed by atoms with van der Waals surface area (Å²) in [4.78, 5) is 11.8. The Balaban J connectivity index is 1.62. The lowest BCUT2D eigenvalue weighted by molar-refractivity contribution is 0.0331. The fourth-order valence-corrected chi connectivity index (χ4v) is 3.30. The van der Waals surface area contributed by atoms with Crippen molar-refractivity contribution < 1.29 is 9.13 Å². The molecule has 1 aromatic heterocycles. The van der Waals surface area contributed by atoms with Gasteiger partial charge in [0, 0.05) is 24.5 Å². The number of para-hydroxylation sites is 1. The predicted octanol–water partition coefficient (Wildman–Crippen LogP) is 3.77. The lowest BCUT2D eigenvalue weighted by Gasteiger charge is -2.26. The molecule has 1 fully saturated rings. The van der Waals surface area contributed by atoms with Crippen molar-refractivity contribution in [2.24, 2.45) is 0 Å². The third kappa shape index (κ3) is 4.23. The molecule has 2 aromatic carbocycles. The van der Waals surface area contributed by atoms with Crippen LogP contribution >= 0.6 is 0 Å². The maximum Gasteiger partial charge on any atom is 0.145 e. The number of hydrogen-bond acceptors (Lipinski definition) is 5. The number of ether oxygens (including phenoxy) is 1. The Hall–Kier alpha value is -2.57. The van der Waals surface area contributed by atoms with Crippen molar-refractivity contribution in [1.82, 2.24) is 14.9 Å². The van der Waals surface area contributed by atoms with Crippen molar-refractivity contribution in [2.45, 2.75) is 19.5 Å². The second-order valence-electron chi connectivity index (χ2n) is 6.81. The van der Waals surface area contributed by atoms with Crippen molar-refractivity contribution in [3.63, 3.8) is 0 Å². The van der Waals surface area contributed by atoms with E-state index in [9.17, 15) is 4.39 Å². The number of fused-ring (bicyclic) bond motifs is 1. The fraction of sp³-hybridized carbons (Fsp3) is 0.333. The van der Waals surface area contributed by atoms with Gasteiger partial charge in [-0.25, -0.2) is 14.4 Å². The van der Waals surface area contributed by atoms with Crippen molar-refractivity contribution in [1.29, 1.82) is 0 Å². The van der Waals surface area contributed by atoms with Gasteiger partial charge < -0.3 is 10.1 Å². The number of benzene rings is 2. The van der Waals surface area contributed by atoms with Gasteiger partial charge in [0.1, 0.15) is 17.5 Å². The molecule has 5 nitrogen and oxygen atoms in total. The summed E-state index contributed by atoms with van der Waals surface area (Å²) in [6.07, 6.45) is 0. The number of nitrogens with zero attached hydrogens (tertiary/aromatic N) is 3. The second kappa shape index (κ2) is 7.98. The first-order valence-corrected chi connectivity index (χ1v) is 9.27. The van der Waals surface area contributed by atoms with E-state index in [1.54, 1.807) is 12.1 Å². The Bertz CT molecular complexity index is 910. The highest BCUT2D eigenvalue weighted by Crippen LogP contribution is 2.25. The molecule has 0 saturated carbocycles. The zero-order valence-electron chi connectivity index (χ0n) is 15.4. The van der Waals surface area contributed by atoms with E-state index in [1.165, 1.54) is 12.1 Å². The van der Waals surface area contributed by atoms with Crippen LogP contribution in [0.25, 0.3) is 10.9 Å². The number of nitrogens with one attached hydrogen (secondary N) is 1. The topological polar surface area (TPSA) is 50.3 Å². The van der Waals surface area contributed by atoms with Crippen LogP contribution in [-0.4, -0.2) is 41.2 Å². The Morgan fingerprint density at radius 3 is 2.59 bits per heavy atom. The molecule has 0 spiro atoms. The summed E-state index contributed by atoms with van der Waals surface area (Å²) in [5.74, 6) is 1.37. The van der Waals surface area contributed by atoms with Gasteiger partial charge in [0.25, 0.3) is 0 Å². The average Bonchev–Trinajstić information content (AvgIpc) is 2.69. The molecule has 2 heterocycles. The molecule has 0 amide bonds. The van der Waals surface area contributed by atoms with Gasteiger partial charge >= 0.3 is 0 Å². The summed E-state index contributed by atoms with van der Waals surface area (Å²) >= 11 is 0. The number of rotatable bonds is 5. The number of hydrogen-bond donors (Lipinski definition) is 1. The maximum atomic E-state index is 13.2. The zero-order valence-corrected chi connectivity index (χ0v) is 15.4. The van der Waals surface area contributed by atoms with E-state index in [1.807, 2.05) is 31.2 Å². The lowest BCUT2D eigenvalue weighted by Crippen LogP contribution is -2.36. The Morgan fingerprint density at radius 2 is 1.81 bits per heavy atom. The van der Waals surface area contributed by atoms with E-state index >= 15 is 0 Å². The standard InChI is InChI=1S/C21H23FN4O/c1-15(16-6-8-17(22)9-7-16)23-21-18-4-2-3-5-19(18)24-20(25-21)14-26-10-12-27-13-11-26/h2-9,15H,10-14H2,1H3,(H,23,24,25). The summed E-state index contributed by atoms with van der Waals surface area (Å²) in [5.41, 5.74) is 1.93. The van der Waals surface area contributed by atoms with E-state index in [0.29, 0.717) is 6.54 Å². The largest absolute Gasteiger partial charge is 0.379 e. The first-order chi connectivity index (χ1) is 13.2. The van der Waals surface area contributed by atoms with Crippen LogP contribution in [0, 0.1) is 5.82 Å². The third-order valence-corrected chi connectivity index (χ3v) is 4.84. The number of anilines is 1. The number of morpholine rings is 1. The molecular weight excluding hydrogens is 343 g/mol. The molecule has 0 bridgehead atoms. The smallest absolute Gasteiger partial charge is 0.145 e. The van der Waals surface area contributed by atoms with Crippen LogP contribution in [0.3, 0.4) is 0 Å². The second-order valence-corrected chi connectivity index (χ2v) is 6.81. The molecule has 6 heteroatoms. The minimum Gasteiger partial charge on any atom is -0.379 e. The molecule has 1 N–H and O–H groups in total. The Morgan fingerprint density at radius 1 is 1.07 bits per heavy atom. The molecule has 140 valence electrons. The van der Waals surface area contributed by atoms with Gasteiger partial charge in [-0.2, -0.15) is 0 Å². The normalized spacial score (nSPS) is 16.4. The van der Waals surface area contributed by atoms with Crippen LogP contribution in [0.1, 0.15) is 24.4 Å². The molecule has 1 aliphatic rings. The summed E-state index contributed by atoms with van der Waals surface area (Å²) in [6, 6.07) is 14.6. The van der Waals surface area contributed by atoms with Crippen LogP contribution in [0.15, 0.2) is 48.5 Å². The van der Waals surface area contributed by atoms with Gasteiger partial charge in [-0.3, -0.25) is 4.90 Å². The molecule has 1 unspecified atom stereocenters. The quantitative estimate of drug-likeness (QED) is 0.745. The van der Waals surface area contributed by atoms with E-state index in [-0.39, 0.29) is 11.9 Å². The molecule has 0 aliphatic carbocycles. The molecule has 1 saturated heterocycles. The highest BCUT2D eigenvalue weighted by atomic mass is 19.1. The molecule has 1 aliphatic heterocycles. The van der Waals surface area contributed by atoms with Gasteiger partial charge in [-0.05, 0) is 36.8 Å². The van der Waals surface area contributed by atoms with Crippen molar-refractivity contribution in [2.75, 3.05) is 31.6 Å². The first-order valence-electron chi connectivity index (χ1n) is 9.27. The number of aromatic nitrogens is 2. The monoisotopic (exact) mass is 366 g/mol. The molecule has 4 rings (SSSR count). The summed E-state index contributed by atoms with van der Waals surface area (Å²) < 4.78 is 18.6. The van der Waals surface area contributed by atoms with E-state index in [2.05, 4.69) is 10.2 Å². The highest BCUT2D eigenvalue weighted by molar-refractivity contribution is 5.89. The van der Waals surface area contributed by atoms with Crippen molar-refractivity contribution in [3.05, 3.63) is 65.7 Å². The SMILES string of the molecule is CC(Nc1nc(CN2CCOCC2)nc2ccccc12)c1ccc(F)cc1. The lowest BCUT2D eigenvalue weighted by atomic mass is 10.1. The van der Waals surface area contributed by atoms with Gasteiger partial charge in [-0.15, -0.1) is 0 Å². The van der Waals surface area contributed by atoms with Crippen molar-refractivity contribution >= 4 is 16.7 Å². The third-order valence-electron chi connectivity index (χ3n) is 4.84. The van der Waals surface area contributed by atoms with Crippen LogP contribution in [-0.2, 0) is 11.3 Å². The van der Waals surface area contributed by atoms with Gasteiger partial charge in [0.15, 0.2) is 0 Å². The van der Waals surface area contributed by atoms with E-state index in [0.717, 1.165) is 54.4 Å². The molecular formula is C21H23FN4O. The summed E-state index contributed by atoms with van der Waals surface area (Å²) in [7, 11) is 0.